The topological polar surface area (TPSA) is 56.8 Å². The molecule has 1 N–H and O–H groups in total. The number of para-hydroxylation sites is 3. The van der Waals surface area contributed by atoms with Crippen molar-refractivity contribution >= 4 is 11.6 Å². The van der Waals surface area contributed by atoms with Crippen molar-refractivity contribution in [2.45, 2.75) is 18.9 Å². The van der Waals surface area contributed by atoms with E-state index in [1.165, 1.54) is 0 Å². The number of amides is 1. The standard InChI is InChI=1S/C24H23NO4/c26-24(18-12-14-19(15-13-18)28-17-21-9-6-16-27-21)25-22-10-4-5-11-23(22)29-20-7-2-1-3-8-20/h1-5,7-8,10-15,21H,6,9,16-17H2,(H,25,26). The molecule has 1 atom stereocenters. The van der Waals surface area contributed by atoms with E-state index in [1.807, 2.05) is 54.6 Å². The molecule has 1 heterocycles. The van der Waals surface area contributed by atoms with Crippen LogP contribution in [0.1, 0.15) is 23.2 Å². The molecule has 0 saturated carbocycles. The van der Waals surface area contributed by atoms with Crippen LogP contribution in [0.4, 0.5) is 5.69 Å². The Balaban J connectivity index is 1.39. The minimum atomic E-state index is -0.209. The van der Waals surface area contributed by atoms with Crippen molar-refractivity contribution in [3.05, 3.63) is 84.4 Å². The van der Waals surface area contributed by atoms with Crippen LogP contribution in [0.3, 0.4) is 0 Å². The van der Waals surface area contributed by atoms with Crippen molar-refractivity contribution in [1.82, 2.24) is 0 Å². The fourth-order valence-electron chi connectivity index (χ4n) is 3.14. The van der Waals surface area contributed by atoms with Crippen molar-refractivity contribution in [2.24, 2.45) is 0 Å². The predicted molar refractivity (Wildman–Crippen MR) is 112 cm³/mol. The van der Waals surface area contributed by atoms with Gasteiger partial charge in [-0.25, -0.2) is 0 Å². The lowest BCUT2D eigenvalue weighted by Gasteiger charge is -2.13. The molecule has 0 bridgehead atoms. The van der Waals surface area contributed by atoms with Crippen molar-refractivity contribution in [3.63, 3.8) is 0 Å². The second-order valence-electron chi connectivity index (χ2n) is 6.84. The monoisotopic (exact) mass is 389 g/mol. The van der Waals surface area contributed by atoms with E-state index in [9.17, 15) is 4.79 Å². The van der Waals surface area contributed by atoms with Gasteiger partial charge < -0.3 is 19.5 Å². The summed E-state index contributed by atoms with van der Waals surface area (Å²) in [7, 11) is 0. The van der Waals surface area contributed by atoms with Crippen LogP contribution in [-0.2, 0) is 4.74 Å². The first kappa shape index (κ1) is 19.0. The first-order valence-corrected chi connectivity index (χ1v) is 9.76. The summed E-state index contributed by atoms with van der Waals surface area (Å²) in [6.45, 7) is 1.35. The van der Waals surface area contributed by atoms with E-state index in [0.717, 1.165) is 25.2 Å². The van der Waals surface area contributed by atoms with E-state index < -0.39 is 0 Å². The van der Waals surface area contributed by atoms with Gasteiger partial charge in [0, 0.05) is 12.2 Å². The summed E-state index contributed by atoms with van der Waals surface area (Å²) >= 11 is 0. The molecule has 1 aliphatic heterocycles. The Morgan fingerprint density at radius 1 is 0.931 bits per heavy atom. The van der Waals surface area contributed by atoms with Gasteiger partial charge in [-0.05, 0) is 61.4 Å². The number of nitrogens with one attached hydrogen (secondary N) is 1. The molecule has 29 heavy (non-hydrogen) atoms. The van der Waals surface area contributed by atoms with Crippen LogP contribution >= 0.6 is 0 Å². The third kappa shape index (κ3) is 5.15. The van der Waals surface area contributed by atoms with E-state index in [0.29, 0.717) is 29.4 Å². The van der Waals surface area contributed by atoms with Gasteiger partial charge >= 0.3 is 0 Å². The summed E-state index contributed by atoms with van der Waals surface area (Å²) in [6.07, 6.45) is 2.28. The maximum Gasteiger partial charge on any atom is 0.255 e. The molecule has 1 aliphatic rings. The van der Waals surface area contributed by atoms with Crippen LogP contribution in [0, 0.1) is 0 Å². The van der Waals surface area contributed by atoms with E-state index in [1.54, 1.807) is 24.3 Å². The Bertz CT molecular complexity index is 935. The van der Waals surface area contributed by atoms with E-state index in [2.05, 4.69) is 5.32 Å². The van der Waals surface area contributed by atoms with Crippen LogP contribution in [0.2, 0.25) is 0 Å². The highest BCUT2D eigenvalue weighted by Crippen LogP contribution is 2.29. The number of ether oxygens (including phenoxy) is 3. The van der Waals surface area contributed by atoms with Gasteiger partial charge in [-0.3, -0.25) is 4.79 Å². The summed E-state index contributed by atoms with van der Waals surface area (Å²) in [6, 6.07) is 23.9. The molecule has 5 nitrogen and oxygen atoms in total. The Kier molecular flexibility index (Phi) is 6.07. The Hall–Kier alpha value is -3.31. The normalized spacial score (nSPS) is 15.7. The molecule has 1 saturated heterocycles. The van der Waals surface area contributed by atoms with Crippen molar-refractivity contribution in [1.29, 1.82) is 0 Å². The van der Waals surface area contributed by atoms with Gasteiger partial charge in [0.15, 0.2) is 5.75 Å². The lowest BCUT2D eigenvalue weighted by atomic mass is 10.2. The van der Waals surface area contributed by atoms with Gasteiger partial charge in [-0.1, -0.05) is 30.3 Å². The highest BCUT2D eigenvalue weighted by atomic mass is 16.5. The summed E-state index contributed by atoms with van der Waals surface area (Å²) in [5.41, 5.74) is 1.16. The quantitative estimate of drug-likeness (QED) is 0.597. The smallest absolute Gasteiger partial charge is 0.255 e. The second kappa shape index (κ2) is 9.26. The summed E-state index contributed by atoms with van der Waals surface area (Å²) in [5.74, 6) is 1.81. The highest BCUT2D eigenvalue weighted by molar-refractivity contribution is 6.05. The molecule has 0 aliphatic carbocycles. The zero-order valence-electron chi connectivity index (χ0n) is 16.0. The molecule has 0 aromatic heterocycles. The molecule has 3 aromatic rings. The summed E-state index contributed by atoms with van der Waals surface area (Å²) < 4.78 is 17.2. The fourth-order valence-corrected chi connectivity index (χ4v) is 3.14. The molecular formula is C24H23NO4. The van der Waals surface area contributed by atoms with Crippen LogP contribution < -0.4 is 14.8 Å². The Morgan fingerprint density at radius 2 is 1.69 bits per heavy atom. The first-order chi connectivity index (χ1) is 14.3. The van der Waals surface area contributed by atoms with Crippen molar-refractivity contribution < 1.29 is 19.0 Å². The zero-order chi connectivity index (χ0) is 19.9. The number of hydrogen-bond acceptors (Lipinski definition) is 4. The number of hydrogen-bond donors (Lipinski definition) is 1. The maximum atomic E-state index is 12.7. The molecule has 1 unspecified atom stereocenters. The molecule has 4 rings (SSSR count). The lowest BCUT2D eigenvalue weighted by Crippen LogP contribution is -2.16. The van der Waals surface area contributed by atoms with Crippen LogP contribution in [0.5, 0.6) is 17.2 Å². The van der Waals surface area contributed by atoms with Crippen molar-refractivity contribution in [2.75, 3.05) is 18.5 Å². The van der Waals surface area contributed by atoms with Gasteiger partial charge in [-0.15, -0.1) is 0 Å². The number of anilines is 1. The molecule has 1 amide bonds. The van der Waals surface area contributed by atoms with Gasteiger partial charge in [-0.2, -0.15) is 0 Å². The maximum absolute atomic E-state index is 12.7. The van der Waals surface area contributed by atoms with E-state index in [4.69, 9.17) is 14.2 Å². The van der Waals surface area contributed by atoms with E-state index >= 15 is 0 Å². The number of carbonyl (C=O) groups excluding carboxylic acids is 1. The van der Waals surface area contributed by atoms with Crippen LogP contribution in [0.15, 0.2) is 78.9 Å². The van der Waals surface area contributed by atoms with Crippen LogP contribution in [-0.4, -0.2) is 25.2 Å². The number of rotatable bonds is 7. The fraction of sp³-hybridized carbons (Fsp3) is 0.208. The SMILES string of the molecule is O=C(Nc1ccccc1Oc1ccccc1)c1ccc(OCC2CCCO2)cc1. The molecule has 0 spiro atoms. The highest BCUT2D eigenvalue weighted by Gasteiger charge is 2.16. The van der Waals surface area contributed by atoms with Crippen molar-refractivity contribution in [3.8, 4) is 17.2 Å². The minimum Gasteiger partial charge on any atom is -0.491 e. The van der Waals surface area contributed by atoms with E-state index in [-0.39, 0.29) is 12.0 Å². The average Bonchev–Trinajstić information content (AvgIpc) is 3.28. The minimum absolute atomic E-state index is 0.166. The largest absolute Gasteiger partial charge is 0.491 e. The van der Waals surface area contributed by atoms with Gasteiger partial charge in [0.1, 0.15) is 18.1 Å². The second-order valence-corrected chi connectivity index (χ2v) is 6.84. The molecule has 5 heteroatoms. The summed E-state index contributed by atoms with van der Waals surface area (Å²) in [4.78, 5) is 12.7. The molecular weight excluding hydrogens is 366 g/mol. The average molecular weight is 389 g/mol. The summed E-state index contributed by atoms with van der Waals surface area (Å²) in [5, 5.41) is 2.92. The molecule has 1 fully saturated rings. The van der Waals surface area contributed by atoms with Gasteiger partial charge in [0.25, 0.3) is 5.91 Å². The van der Waals surface area contributed by atoms with Crippen LogP contribution in [0.25, 0.3) is 0 Å². The predicted octanol–water partition coefficient (Wildman–Crippen LogP) is 5.29. The third-order valence-corrected chi connectivity index (χ3v) is 4.68. The lowest BCUT2D eigenvalue weighted by molar-refractivity contribution is 0.0679. The first-order valence-electron chi connectivity index (χ1n) is 9.76. The third-order valence-electron chi connectivity index (χ3n) is 4.68. The number of benzene rings is 3. The van der Waals surface area contributed by atoms with Gasteiger partial charge in [0.2, 0.25) is 0 Å². The Labute approximate surface area is 170 Å². The molecule has 148 valence electrons. The molecule has 0 radical (unpaired) electrons. The molecule has 3 aromatic carbocycles. The number of carbonyl (C=O) groups is 1. The zero-order valence-corrected chi connectivity index (χ0v) is 16.0. The van der Waals surface area contributed by atoms with Gasteiger partial charge in [0.05, 0.1) is 11.8 Å². The Morgan fingerprint density at radius 3 is 2.45 bits per heavy atom.